The summed E-state index contributed by atoms with van der Waals surface area (Å²) >= 11 is 0. The summed E-state index contributed by atoms with van der Waals surface area (Å²) in [7, 11) is 1.87. The molecule has 9 heteroatoms. The number of aromatic nitrogens is 4. The molecule has 3 aromatic heterocycles. The SMILES string of the molecule is Cn1c(C(C#N)=Cc2c(N3CCC4(CC3)OCCO4)nc3ccccn3c2=O)nc2ccccc21. The van der Waals surface area contributed by atoms with Crippen LogP contribution in [0.15, 0.2) is 53.5 Å². The van der Waals surface area contributed by atoms with E-state index < -0.39 is 5.79 Å². The predicted octanol–water partition coefficient (Wildman–Crippen LogP) is 2.99. The molecule has 0 amide bonds. The predicted molar refractivity (Wildman–Crippen MR) is 132 cm³/mol. The van der Waals surface area contributed by atoms with E-state index in [0.29, 0.717) is 67.6 Å². The molecule has 9 nitrogen and oxygen atoms in total. The normalized spacial score (nSPS) is 17.9. The number of benzene rings is 1. The van der Waals surface area contributed by atoms with Crippen LogP contribution in [0.3, 0.4) is 0 Å². The van der Waals surface area contributed by atoms with Crippen molar-refractivity contribution < 1.29 is 9.47 Å². The summed E-state index contributed by atoms with van der Waals surface area (Å²) in [5.41, 5.74) is 2.69. The average Bonchev–Trinajstić information content (AvgIpc) is 3.48. The van der Waals surface area contributed by atoms with Gasteiger partial charge in [-0.15, -0.1) is 0 Å². The van der Waals surface area contributed by atoms with E-state index in [-0.39, 0.29) is 5.56 Å². The van der Waals surface area contributed by atoms with Crippen LogP contribution in [0.1, 0.15) is 24.2 Å². The molecular weight excluding hydrogens is 444 g/mol. The maximum absolute atomic E-state index is 13.6. The topological polar surface area (TPSA) is 97.7 Å². The first-order valence-electron chi connectivity index (χ1n) is 11.7. The Balaban J connectivity index is 1.49. The number of piperidine rings is 1. The summed E-state index contributed by atoms with van der Waals surface area (Å²) in [6.07, 6.45) is 4.68. The highest BCUT2D eigenvalue weighted by Gasteiger charge is 2.40. The smallest absolute Gasteiger partial charge is 0.267 e. The number of rotatable bonds is 3. The summed E-state index contributed by atoms with van der Waals surface area (Å²) < 4.78 is 15.1. The maximum atomic E-state index is 13.6. The van der Waals surface area contributed by atoms with E-state index in [1.165, 1.54) is 4.40 Å². The Bertz CT molecular complexity index is 1560. The zero-order chi connectivity index (χ0) is 24.0. The third kappa shape index (κ3) is 3.58. The van der Waals surface area contributed by atoms with Crippen LogP contribution in [0.25, 0.3) is 28.3 Å². The second-order valence-corrected chi connectivity index (χ2v) is 8.83. The Morgan fingerprint density at radius 3 is 2.57 bits per heavy atom. The second-order valence-electron chi connectivity index (χ2n) is 8.83. The highest BCUT2D eigenvalue weighted by atomic mass is 16.7. The number of hydrogen-bond donors (Lipinski definition) is 0. The van der Waals surface area contributed by atoms with Crippen molar-refractivity contribution in [2.24, 2.45) is 7.05 Å². The van der Waals surface area contributed by atoms with Gasteiger partial charge in [-0.3, -0.25) is 9.20 Å². The molecule has 4 aromatic rings. The molecule has 0 saturated carbocycles. The van der Waals surface area contributed by atoms with Gasteiger partial charge in [-0.25, -0.2) is 9.97 Å². The van der Waals surface area contributed by atoms with Gasteiger partial charge in [0.2, 0.25) is 0 Å². The molecule has 2 aliphatic heterocycles. The van der Waals surface area contributed by atoms with Gasteiger partial charge in [0, 0.05) is 39.2 Å². The molecule has 0 N–H and O–H groups in total. The maximum Gasteiger partial charge on any atom is 0.267 e. The average molecular weight is 469 g/mol. The number of para-hydroxylation sites is 2. The highest BCUT2D eigenvalue weighted by Crippen LogP contribution is 2.34. The van der Waals surface area contributed by atoms with E-state index in [4.69, 9.17) is 14.5 Å². The summed E-state index contributed by atoms with van der Waals surface area (Å²) in [5.74, 6) is 0.520. The molecule has 1 spiro atoms. The minimum Gasteiger partial charge on any atom is -0.355 e. The van der Waals surface area contributed by atoms with E-state index in [9.17, 15) is 10.1 Å². The number of aryl methyl sites for hydroxylation is 1. The number of allylic oxidation sites excluding steroid dienone is 1. The van der Waals surface area contributed by atoms with Crippen molar-refractivity contribution in [3.05, 3.63) is 70.4 Å². The number of nitrogens with zero attached hydrogens (tertiary/aromatic N) is 6. The van der Waals surface area contributed by atoms with Crippen LogP contribution in [0, 0.1) is 11.3 Å². The monoisotopic (exact) mass is 468 g/mol. The number of fused-ring (bicyclic) bond motifs is 2. The molecule has 0 unspecified atom stereocenters. The van der Waals surface area contributed by atoms with Crippen LogP contribution < -0.4 is 10.5 Å². The fourth-order valence-electron chi connectivity index (χ4n) is 4.98. The molecule has 0 bridgehead atoms. The van der Waals surface area contributed by atoms with Gasteiger partial charge in [0.15, 0.2) is 11.6 Å². The summed E-state index contributed by atoms with van der Waals surface area (Å²) in [6, 6.07) is 15.4. The van der Waals surface area contributed by atoms with Crippen LogP contribution in [0.5, 0.6) is 0 Å². The quantitative estimate of drug-likeness (QED) is 0.426. The summed E-state index contributed by atoms with van der Waals surface area (Å²) in [6.45, 7) is 2.47. The van der Waals surface area contributed by atoms with Crippen LogP contribution in [0.4, 0.5) is 5.82 Å². The molecule has 1 aromatic carbocycles. The van der Waals surface area contributed by atoms with Crippen LogP contribution in [-0.2, 0) is 16.5 Å². The fourth-order valence-corrected chi connectivity index (χ4v) is 4.98. The largest absolute Gasteiger partial charge is 0.355 e. The van der Waals surface area contributed by atoms with Crippen LogP contribution in [0.2, 0.25) is 0 Å². The number of nitriles is 1. The van der Waals surface area contributed by atoms with Crippen LogP contribution >= 0.6 is 0 Å². The fraction of sp³-hybridized carbons (Fsp3) is 0.308. The first-order valence-corrected chi connectivity index (χ1v) is 11.7. The molecule has 0 aliphatic carbocycles. The van der Waals surface area contributed by atoms with Gasteiger partial charge >= 0.3 is 0 Å². The Kier molecular flexibility index (Phi) is 5.13. The molecule has 0 radical (unpaired) electrons. The molecule has 176 valence electrons. The van der Waals surface area contributed by atoms with Gasteiger partial charge in [-0.05, 0) is 30.3 Å². The van der Waals surface area contributed by atoms with Crippen molar-refractivity contribution in [1.29, 1.82) is 5.26 Å². The molecule has 2 saturated heterocycles. The molecule has 2 aliphatic rings. The zero-order valence-corrected chi connectivity index (χ0v) is 19.3. The summed E-state index contributed by atoms with van der Waals surface area (Å²) in [5, 5.41) is 10.1. The second kappa shape index (κ2) is 8.34. The van der Waals surface area contributed by atoms with E-state index in [0.717, 1.165) is 11.0 Å². The van der Waals surface area contributed by atoms with Crippen molar-refractivity contribution >= 4 is 34.1 Å². The molecule has 5 heterocycles. The van der Waals surface area contributed by atoms with E-state index in [2.05, 4.69) is 16.0 Å². The van der Waals surface area contributed by atoms with Crippen molar-refractivity contribution in [3.8, 4) is 6.07 Å². The van der Waals surface area contributed by atoms with E-state index in [1.807, 2.05) is 48.0 Å². The molecule has 6 rings (SSSR count). The molecule has 35 heavy (non-hydrogen) atoms. The number of hydrogen-bond acceptors (Lipinski definition) is 7. The Hall–Kier alpha value is -4.00. The molecular formula is C26H24N6O3. The van der Waals surface area contributed by atoms with Crippen LogP contribution in [-0.4, -0.2) is 51.0 Å². The van der Waals surface area contributed by atoms with E-state index in [1.54, 1.807) is 18.3 Å². The number of pyridine rings is 1. The summed E-state index contributed by atoms with van der Waals surface area (Å²) in [4.78, 5) is 25.2. The highest BCUT2D eigenvalue weighted by molar-refractivity contribution is 5.92. The van der Waals surface area contributed by atoms with Gasteiger partial charge < -0.3 is 18.9 Å². The number of anilines is 1. The first-order chi connectivity index (χ1) is 17.1. The Labute approximate surface area is 201 Å². The number of imidazole rings is 1. The van der Waals surface area contributed by atoms with Gasteiger partial charge in [-0.1, -0.05) is 18.2 Å². The van der Waals surface area contributed by atoms with Crippen molar-refractivity contribution in [1.82, 2.24) is 18.9 Å². The Morgan fingerprint density at radius 2 is 1.83 bits per heavy atom. The van der Waals surface area contributed by atoms with Crippen molar-refractivity contribution in [3.63, 3.8) is 0 Å². The molecule has 0 atom stereocenters. The zero-order valence-electron chi connectivity index (χ0n) is 19.3. The van der Waals surface area contributed by atoms with E-state index >= 15 is 0 Å². The minimum atomic E-state index is -0.538. The third-order valence-electron chi connectivity index (χ3n) is 6.82. The lowest BCUT2D eigenvalue weighted by Gasteiger charge is -2.38. The van der Waals surface area contributed by atoms with Gasteiger partial charge in [-0.2, -0.15) is 5.26 Å². The van der Waals surface area contributed by atoms with Crippen molar-refractivity contribution in [2.45, 2.75) is 18.6 Å². The lowest BCUT2D eigenvalue weighted by atomic mass is 10.0. The van der Waals surface area contributed by atoms with Gasteiger partial charge in [0.1, 0.15) is 17.5 Å². The Morgan fingerprint density at radius 1 is 1.09 bits per heavy atom. The van der Waals surface area contributed by atoms with Crippen molar-refractivity contribution in [2.75, 3.05) is 31.2 Å². The lowest BCUT2D eigenvalue weighted by Crippen LogP contribution is -2.46. The molecule has 2 fully saturated rings. The van der Waals surface area contributed by atoms with Gasteiger partial charge in [0.25, 0.3) is 5.56 Å². The third-order valence-corrected chi connectivity index (χ3v) is 6.82. The first kappa shape index (κ1) is 21.5. The minimum absolute atomic E-state index is 0.231. The lowest BCUT2D eigenvalue weighted by molar-refractivity contribution is -0.169. The van der Waals surface area contributed by atoms with Gasteiger partial charge in [0.05, 0.1) is 35.4 Å². The number of ether oxygens (including phenoxy) is 2. The standard InChI is InChI=1S/C26H24N6O3/c1-30-21-7-3-2-6-20(21)28-23(30)18(17-27)16-19-24(29-22-8-4-5-11-32(22)25(19)33)31-12-9-26(10-13-31)34-14-15-35-26/h2-8,11,16H,9-10,12-15H2,1H3.